The van der Waals surface area contributed by atoms with Gasteiger partial charge in [-0.05, 0) is 31.7 Å². The predicted octanol–water partition coefficient (Wildman–Crippen LogP) is 1.14. The summed E-state index contributed by atoms with van der Waals surface area (Å²) in [4.78, 5) is 14.1. The highest BCUT2D eigenvalue weighted by molar-refractivity contribution is 5.83. The van der Waals surface area contributed by atoms with Gasteiger partial charge in [0.1, 0.15) is 0 Å². The maximum absolute atomic E-state index is 12.3. The van der Waals surface area contributed by atoms with Gasteiger partial charge < -0.3 is 15.3 Å². The fraction of sp³-hybridized carbons (Fsp3) is 0.929. The molecule has 2 unspecified atom stereocenters. The number of piperidine rings is 1. The highest BCUT2D eigenvalue weighted by Crippen LogP contribution is 2.28. The standard InChI is InChI=1S/C14H26N2O2/c1-3-6-14(18)9-16(10-14)13(17)12-8-11(4-2)5-7-15-12/h11-12,15,18H,3-10H2,1-2H3. The molecule has 0 bridgehead atoms. The molecule has 2 aliphatic rings. The van der Waals surface area contributed by atoms with Gasteiger partial charge in [0.2, 0.25) is 5.91 Å². The van der Waals surface area contributed by atoms with Crippen LogP contribution in [0.4, 0.5) is 0 Å². The van der Waals surface area contributed by atoms with Gasteiger partial charge in [0.15, 0.2) is 0 Å². The minimum absolute atomic E-state index is 0.0186. The second kappa shape index (κ2) is 5.57. The highest BCUT2D eigenvalue weighted by atomic mass is 16.3. The second-order valence-electron chi connectivity index (χ2n) is 5.97. The van der Waals surface area contributed by atoms with Crippen molar-refractivity contribution < 1.29 is 9.90 Å². The first kappa shape index (κ1) is 13.8. The zero-order valence-electron chi connectivity index (χ0n) is 11.6. The van der Waals surface area contributed by atoms with Crippen molar-refractivity contribution in [2.24, 2.45) is 5.92 Å². The molecule has 0 aliphatic carbocycles. The summed E-state index contributed by atoms with van der Waals surface area (Å²) >= 11 is 0. The van der Waals surface area contributed by atoms with Crippen molar-refractivity contribution in [1.29, 1.82) is 0 Å². The summed E-state index contributed by atoms with van der Waals surface area (Å²) < 4.78 is 0. The van der Waals surface area contributed by atoms with Crippen molar-refractivity contribution in [3.8, 4) is 0 Å². The number of nitrogens with zero attached hydrogens (tertiary/aromatic N) is 1. The molecule has 18 heavy (non-hydrogen) atoms. The molecule has 4 nitrogen and oxygen atoms in total. The van der Waals surface area contributed by atoms with E-state index in [0.29, 0.717) is 19.0 Å². The van der Waals surface area contributed by atoms with Crippen LogP contribution in [0, 0.1) is 5.92 Å². The second-order valence-corrected chi connectivity index (χ2v) is 5.97. The maximum Gasteiger partial charge on any atom is 0.239 e. The number of nitrogens with one attached hydrogen (secondary N) is 1. The van der Waals surface area contributed by atoms with Gasteiger partial charge in [0.25, 0.3) is 0 Å². The molecule has 2 rings (SSSR count). The van der Waals surface area contributed by atoms with Crippen LogP contribution in [0.5, 0.6) is 0 Å². The predicted molar refractivity (Wildman–Crippen MR) is 71.2 cm³/mol. The number of hydrogen-bond donors (Lipinski definition) is 2. The molecule has 0 radical (unpaired) electrons. The molecule has 4 heteroatoms. The summed E-state index contributed by atoms with van der Waals surface area (Å²) in [6.07, 6.45) is 5.06. The van der Waals surface area contributed by atoms with Crippen molar-refractivity contribution in [2.45, 2.75) is 57.6 Å². The van der Waals surface area contributed by atoms with Gasteiger partial charge in [-0.1, -0.05) is 26.7 Å². The summed E-state index contributed by atoms with van der Waals surface area (Å²) in [5.74, 6) is 0.866. The smallest absolute Gasteiger partial charge is 0.239 e. The molecule has 104 valence electrons. The number of aliphatic hydroxyl groups is 1. The molecule has 2 saturated heterocycles. The first-order chi connectivity index (χ1) is 8.58. The largest absolute Gasteiger partial charge is 0.386 e. The van der Waals surface area contributed by atoms with Crippen LogP contribution in [0.25, 0.3) is 0 Å². The summed E-state index contributed by atoms with van der Waals surface area (Å²) in [6, 6.07) is -0.0186. The van der Waals surface area contributed by atoms with Gasteiger partial charge in [0, 0.05) is 0 Å². The van der Waals surface area contributed by atoms with Gasteiger partial charge in [-0.2, -0.15) is 0 Å². The average Bonchev–Trinajstić information content (AvgIpc) is 2.35. The van der Waals surface area contributed by atoms with Gasteiger partial charge in [-0.3, -0.25) is 4.79 Å². The molecule has 2 heterocycles. The van der Waals surface area contributed by atoms with Gasteiger partial charge in [-0.15, -0.1) is 0 Å². The summed E-state index contributed by atoms with van der Waals surface area (Å²) in [7, 11) is 0. The van der Waals surface area contributed by atoms with E-state index < -0.39 is 5.60 Å². The van der Waals surface area contributed by atoms with E-state index in [4.69, 9.17) is 0 Å². The van der Waals surface area contributed by atoms with E-state index in [1.54, 1.807) is 0 Å². The van der Waals surface area contributed by atoms with Crippen LogP contribution in [0.15, 0.2) is 0 Å². The molecule has 0 saturated carbocycles. The molecule has 0 aromatic rings. The minimum Gasteiger partial charge on any atom is -0.386 e. The van der Waals surface area contributed by atoms with Crippen molar-refractivity contribution in [2.75, 3.05) is 19.6 Å². The van der Waals surface area contributed by atoms with Crippen LogP contribution >= 0.6 is 0 Å². The lowest BCUT2D eigenvalue weighted by Gasteiger charge is -2.48. The Kier molecular flexibility index (Phi) is 4.28. The fourth-order valence-corrected chi connectivity index (χ4v) is 3.22. The zero-order valence-corrected chi connectivity index (χ0v) is 11.6. The third kappa shape index (κ3) is 2.86. The maximum atomic E-state index is 12.3. The molecular formula is C14H26N2O2. The van der Waals surface area contributed by atoms with Crippen LogP contribution < -0.4 is 5.32 Å². The van der Waals surface area contributed by atoms with Crippen LogP contribution in [0.1, 0.15) is 46.0 Å². The summed E-state index contributed by atoms with van der Waals surface area (Å²) in [5, 5.41) is 13.4. The van der Waals surface area contributed by atoms with Gasteiger partial charge in [-0.25, -0.2) is 0 Å². The van der Waals surface area contributed by atoms with Crippen LogP contribution in [0.2, 0.25) is 0 Å². The van der Waals surface area contributed by atoms with E-state index in [9.17, 15) is 9.90 Å². The Morgan fingerprint density at radius 1 is 1.44 bits per heavy atom. The molecule has 0 aromatic carbocycles. The minimum atomic E-state index is -0.608. The van der Waals surface area contributed by atoms with E-state index in [0.717, 1.165) is 32.2 Å². The number of likely N-dealkylation sites (tertiary alicyclic amines) is 1. The van der Waals surface area contributed by atoms with E-state index >= 15 is 0 Å². The molecule has 0 aromatic heterocycles. The molecule has 0 spiro atoms. The number of carbonyl (C=O) groups excluding carboxylic acids is 1. The van der Waals surface area contributed by atoms with Crippen molar-refractivity contribution in [1.82, 2.24) is 10.2 Å². The van der Waals surface area contributed by atoms with E-state index in [1.165, 1.54) is 6.42 Å². The van der Waals surface area contributed by atoms with E-state index in [-0.39, 0.29) is 11.9 Å². The molecule has 2 N–H and O–H groups in total. The lowest BCUT2D eigenvalue weighted by Crippen LogP contribution is -2.66. The van der Waals surface area contributed by atoms with Crippen molar-refractivity contribution >= 4 is 5.91 Å². The lowest BCUT2D eigenvalue weighted by atomic mass is 9.86. The first-order valence-electron chi connectivity index (χ1n) is 7.32. The van der Waals surface area contributed by atoms with Crippen molar-refractivity contribution in [3.05, 3.63) is 0 Å². The Hall–Kier alpha value is -0.610. The van der Waals surface area contributed by atoms with Gasteiger partial charge >= 0.3 is 0 Å². The Balaban J connectivity index is 1.82. The molecule has 1 amide bonds. The third-order valence-corrected chi connectivity index (χ3v) is 4.39. The Morgan fingerprint density at radius 3 is 2.78 bits per heavy atom. The Morgan fingerprint density at radius 2 is 2.17 bits per heavy atom. The monoisotopic (exact) mass is 254 g/mol. The number of β-amino-alcohol motifs (C(OH)–C–C–N with tert-alkyl or cyclic N) is 1. The fourth-order valence-electron chi connectivity index (χ4n) is 3.22. The van der Waals surface area contributed by atoms with Gasteiger partial charge in [0.05, 0.1) is 24.7 Å². The summed E-state index contributed by atoms with van der Waals surface area (Å²) in [5.41, 5.74) is -0.608. The topological polar surface area (TPSA) is 52.6 Å². The Labute approximate surface area is 110 Å². The van der Waals surface area contributed by atoms with Crippen LogP contribution in [-0.4, -0.2) is 47.2 Å². The number of rotatable bonds is 4. The quantitative estimate of drug-likeness (QED) is 0.791. The number of carbonyl (C=O) groups is 1. The first-order valence-corrected chi connectivity index (χ1v) is 7.32. The van der Waals surface area contributed by atoms with Crippen LogP contribution in [0.3, 0.4) is 0 Å². The molecule has 2 fully saturated rings. The normalized spacial score (nSPS) is 30.9. The van der Waals surface area contributed by atoms with E-state index in [2.05, 4.69) is 19.2 Å². The third-order valence-electron chi connectivity index (χ3n) is 4.39. The molecular weight excluding hydrogens is 228 g/mol. The number of amides is 1. The summed E-state index contributed by atoms with van der Waals surface area (Å²) in [6.45, 7) is 6.25. The highest BCUT2D eigenvalue weighted by Gasteiger charge is 2.44. The van der Waals surface area contributed by atoms with E-state index in [1.807, 2.05) is 4.90 Å². The molecule has 2 atom stereocenters. The van der Waals surface area contributed by atoms with Crippen LogP contribution in [-0.2, 0) is 4.79 Å². The average molecular weight is 254 g/mol. The van der Waals surface area contributed by atoms with Crippen molar-refractivity contribution in [3.63, 3.8) is 0 Å². The lowest BCUT2D eigenvalue weighted by molar-refractivity contribution is -0.159. The Bertz CT molecular complexity index is 300. The SMILES string of the molecule is CCCC1(O)CN(C(=O)C2CC(CC)CCN2)C1. The molecule has 2 aliphatic heterocycles. The zero-order chi connectivity index (χ0) is 13.2. The number of hydrogen-bond acceptors (Lipinski definition) is 3.